The normalized spacial score (nSPS) is 14.0. The highest BCUT2D eigenvalue weighted by Crippen LogP contribution is 2.23. The Labute approximate surface area is 209 Å². The number of carbonyl (C=O) groups is 1. The van der Waals surface area contributed by atoms with E-state index in [-0.39, 0.29) is 19.0 Å². The molecule has 3 rings (SSSR count). The van der Waals surface area contributed by atoms with Gasteiger partial charge in [0.05, 0.1) is 32.8 Å². The number of likely N-dealkylation sites (N-methyl/N-ethyl adjacent to an activating group) is 1. The number of nitrogens with zero attached hydrogens (tertiary/aromatic N) is 2. The smallest absolute Gasteiger partial charge is 0.306 e. The number of esters is 1. The van der Waals surface area contributed by atoms with Gasteiger partial charge in [0, 0.05) is 12.8 Å². The maximum atomic E-state index is 11.6. The molecule has 1 aliphatic rings. The minimum Gasteiger partial charge on any atom is -0.489 e. The summed E-state index contributed by atoms with van der Waals surface area (Å²) >= 11 is 0. The van der Waals surface area contributed by atoms with Crippen molar-refractivity contribution in [3.63, 3.8) is 0 Å². The number of hydrogen-bond donors (Lipinski definition) is 1. The van der Waals surface area contributed by atoms with Crippen LogP contribution in [0.5, 0.6) is 5.75 Å². The second-order valence-electron chi connectivity index (χ2n) is 10.1. The van der Waals surface area contributed by atoms with Crippen molar-refractivity contribution >= 4 is 5.97 Å². The number of aliphatic hydroxyl groups excluding tert-OH is 1. The van der Waals surface area contributed by atoms with Crippen LogP contribution in [0, 0.1) is 11.3 Å². The second kappa shape index (κ2) is 12.7. The fraction of sp³-hybridized carbons (Fsp3) is 0.517. The molecule has 35 heavy (non-hydrogen) atoms. The Morgan fingerprint density at radius 2 is 1.80 bits per heavy atom. The molecular weight excluding hydrogens is 440 g/mol. The molecule has 0 amide bonds. The van der Waals surface area contributed by atoms with Gasteiger partial charge in [-0.1, -0.05) is 24.3 Å². The van der Waals surface area contributed by atoms with Gasteiger partial charge in [0.25, 0.3) is 0 Å². The van der Waals surface area contributed by atoms with Gasteiger partial charge in [-0.25, -0.2) is 0 Å². The van der Waals surface area contributed by atoms with E-state index in [0.717, 1.165) is 18.5 Å². The van der Waals surface area contributed by atoms with Gasteiger partial charge < -0.3 is 19.1 Å². The summed E-state index contributed by atoms with van der Waals surface area (Å²) in [7, 11) is 4.25. The molecule has 2 aromatic carbocycles. The molecule has 0 saturated heterocycles. The third-order valence-corrected chi connectivity index (χ3v) is 6.64. The molecule has 0 heterocycles. The van der Waals surface area contributed by atoms with E-state index in [4.69, 9.17) is 9.47 Å². The van der Waals surface area contributed by atoms with Gasteiger partial charge in [-0.05, 0) is 73.4 Å². The van der Waals surface area contributed by atoms with Crippen LogP contribution in [0.1, 0.15) is 54.0 Å². The molecule has 0 spiro atoms. The van der Waals surface area contributed by atoms with Gasteiger partial charge in [0.15, 0.2) is 0 Å². The summed E-state index contributed by atoms with van der Waals surface area (Å²) in [5.74, 6) is 0.202. The SMILES string of the molecule is CCOC(=O)CCc1ccc(OC[C@H](O)C[N+](C)(C)CCc2ccc3c(c2)CCCC3)c(C#N)c1. The van der Waals surface area contributed by atoms with Crippen LogP contribution in [-0.2, 0) is 35.2 Å². The van der Waals surface area contributed by atoms with Crippen LogP contribution in [0.15, 0.2) is 36.4 Å². The van der Waals surface area contributed by atoms with Gasteiger partial charge in [0.1, 0.15) is 31.1 Å². The summed E-state index contributed by atoms with van der Waals surface area (Å²) in [5, 5.41) is 20.2. The van der Waals surface area contributed by atoms with Gasteiger partial charge in [-0.2, -0.15) is 5.26 Å². The number of nitriles is 1. The number of rotatable bonds is 12. The number of fused-ring (bicyclic) bond motifs is 1. The average molecular weight is 480 g/mol. The zero-order valence-corrected chi connectivity index (χ0v) is 21.4. The van der Waals surface area contributed by atoms with E-state index >= 15 is 0 Å². The minimum absolute atomic E-state index is 0.122. The van der Waals surface area contributed by atoms with E-state index in [0.29, 0.717) is 35.4 Å². The minimum atomic E-state index is -0.649. The number of aliphatic hydroxyl groups is 1. The van der Waals surface area contributed by atoms with Crippen LogP contribution in [0.3, 0.4) is 0 Å². The molecule has 0 saturated carbocycles. The Morgan fingerprint density at radius 1 is 1.09 bits per heavy atom. The van der Waals surface area contributed by atoms with Crippen LogP contribution >= 0.6 is 0 Å². The van der Waals surface area contributed by atoms with E-state index in [2.05, 4.69) is 38.4 Å². The van der Waals surface area contributed by atoms with Crippen molar-refractivity contribution in [2.45, 2.75) is 58.0 Å². The first-order chi connectivity index (χ1) is 16.8. The van der Waals surface area contributed by atoms with Crippen molar-refractivity contribution in [2.75, 3.05) is 40.4 Å². The first-order valence-electron chi connectivity index (χ1n) is 12.7. The Morgan fingerprint density at radius 3 is 2.54 bits per heavy atom. The van der Waals surface area contributed by atoms with Crippen LogP contribution in [-0.4, -0.2) is 62.1 Å². The molecule has 6 heteroatoms. The van der Waals surface area contributed by atoms with Crippen molar-refractivity contribution < 1.29 is 23.9 Å². The third-order valence-electron chi connectivity index (χ3n) is 6.64. The van der Waals surface area contributed by atoms with Gasteiger partial charge in [-0.15, -0.1) is 0 Å². The highest BCUT2D eigenvalue weighted by atomic mass is 16.5. The number of aryl methyl sites for hydroxylation is 3. The van der Waals surface area contributed by atoms with E-state index < -0.39 is 6.10 Å². The second-order valence-corrected chi connectivity index (χ2v) is 10.1. The van der Waals surface area contributed by atoms with Crippen molar-refractivity contribution in [3.8, 4) is 11.8 Å². The van der Waals surface area contributed by atoms with Gasteiger partial charge in [0.2, 0.25) is 0 Å². The Kier molecular flexibility index (Phi) is 9.71. The van der Waals surface area contributed by atoms with E-state index in [1.165, 1.54) is 42.4 Å². The predicted molar refractivity (Wildman–Crippen MR) is 136 cm³/mol. The first kappa shape index (κ1) is 26.7. The number of carbonyl (C=O) groups excluding carboxylic acids is 1. The van der Waals surface area contributed by atoms with E-state index in [1.54, 1.807) is 19.1 Å². The first-order valence-corrected chi connectivity index (χ1v) is 12.7. The summed E-state index contributed by atoms with van der Waals surface area (Å²) in [6.45, 7) is 3.75. The number of quaternary nitrogens is 1. The molecule has 0 fully saturated rings. The molecule has 0 bridgehead atoms. The van der Waals surface area contributed by atoms with E-state index in [9.17, 15) is 15.2 Å². The quantitative estimate of drug-likeness (QED) is 0.368. The fourth-order valence-corrected chi connectivity index (χ4v) is 4.70. The number of benzene rings is 2. The molecule has 1 atom stereocenters. The Hall–Kier alpha value is -2.88. The molecule has 0 aromatic heterocycles. The predicted octanol–water partition coefficient (Wildman–Crippen LogP) is 3.99. The molecule has 2 aromatic rings. The Bertz CT molecular complexity index is 1040. The summed E-state index contributed by atoms with van der Waals surface area (Å²) in [6, 6.07) is 14.4. The average Bonchev–Trinajstić information content (AvgIpc) is 2.85. The molecular formula is C29H39N2O4+. The molecule has 6 nitrogen and oxygen atoms in total. The molecule has 0 unspecified atom stereocenters. The lowest BCUT2D eigenvalue weighted by Gasteiger charge is -2.32. The molecule has 188 valence electrons. The largest absolute Gasteiger partial charge is 0.489 e. The zero-order chi connectivity index (χ0) is 25.3. The van der Waals surface area contributed by atoms with Crippen LogP contribution in [0.4, 0.5) is 0 Å². The van der Waals surface area contributed by atoms with Crippen molar-refractivity contribution in [3.05, 3.63) is 64.2 Å². The summed E-state index contributed by atoms with van der Waals surface area (Å²) in [6.07, 6.45) is 6.08. The van der Waals surface area contributed by atoms with Crippen molar-refractivity contribution in [1.82, 2.24) is 0 Å². The number of hydrogen-bond acceptors (Lipinski definition) is 5. The highest BCUT2D eigenvalue weighted by molar-refractivity contribution is 5.69. The lowest BCUT2D eigenvalue weighted by atomic mass is 9.90. The van der Waals surface area contributed by atoms with Crippen LogP contribution < -0.4 is 4.74 Å². The lowest BCUT2D eigenvalue weighted by molar-refractivity contribution is -0.893. The maximum Gasteiger partial charge on any atom is 0.306 e. The van der Waals surface area contributed by atoms with Gasteiger partial charge in [-0.3, -0.25) is 4.79 Å². The molecule has 1 N–H and O–H groups in total. The highest BCUT2D eigenvalue weighted by Gasteiger charge is 2.22. The third kappa shape index (κ3) is 8.38. The van der Waals surface area contributed by atoms with Crippen LogP contribution in [0.2, 0.25) is 0 Å². The maximum absolute atomic E-state index is 11.6. The Balaban J connectivity index is 1.48. The molecule has 0 aliphatic heterocycles. The van der Waals surface area contributed by atoms with Crippen LogP contribution in [0.25, 0.3) is 0 Å². The summed E-state index contributed by atoms with van der Waals surface area (Å²) in [4.78, 5) is 11.6. The topological polar surface area (TPSA) is 79.6 Å². The number of ether oxygens (including phenoxy) is 2. The van der Waals surface area contributed by atoms with E-state index in [1.807, 2.05) is 6.07 Å². The lowest BCUT2D eigenvalue weighted by Crippen LogP contribution is -2.48. The van der Waals surface area contributed by atoms with Gasteiger partial charge >= 0.3 is 5.97 Å². The monoisotopic (exact) mass is 479 g/mol. The summed E-state index contributed by atoms with van der Waals surface area (Å²) in [5.41, 5.74) is 5.66. The van der Waals surface area contributed by atoms with Crippen molar-refractivity contribution in [2.24, 2.45) is 0 Å². The zero-order valence-electron chi connectivity index (χ0n) is 21.4. The van der Waals surface area contributed by atoms with Crippen molar-refractivity contribution in [1.29, 1.82) is 5.26 Å². The fourth-order valence-electron chi connectivity index (χ4n) is 4.70. The summed E-state index contributed by atoms with van der Waals surface area (Å²) < 4.78 is 11.4. The molecule has 0 radical (unpaired) electrons. The molecule has 1 aliphatic carbocycles. The standard InChI is InChI=1S/C29H39N2O4/c1-4-34-29(33)14-11-22-10-13-28(26(18-22)19-30)35-21-27(32)20-31(2,3)16-15-23-9-12-24-7-5-6-8-25(24)17-23/h9-10,12-13,17-18,27,32H,4-8,11,14-16,20-21H2,1-3H3/q+1/t27-/m1/s1.